The van der Waals surface area contributed by atoms with Crippen LogP contribution in [0.1, 0.15) is 40.5 Å². The number of anilines is 1. The molecule has 0 radical (unpaired) electrons. The summed E-state index contributed by atoms with van der Waals surface area (Å²) >= 11 is 0. The molecule has 1 aliphatic heterocycles. The summed E-state index contributed by atoms with van der Waals surface area (Å²) in [5.41, 5.74) is 3.71. The molecular formula is C25H29N9O2. The Labute approximate surface area is 208 Å². The second kappa shape index (κ2) is 8.90. The molecule has 1 aromatic carbocycles. The van der Waals surface area contributed by atoms with Crippen molar-refractivity contribution in [3.63, 3.8) is 0 Å². The van der Waals surface area contributed by atoms with Gasteiger partial charge in [-0.25, -0.2) is 15.0 Å². The standard InChI is InChI=1S/C25H29N9O2/c1-24(2)9-16(10-25(3,4)33-24)34(5)23-27-12-19(30-32-23)17-7-6-15(8-21(17)36-14-35)18-11-26-22-20(29-18)13-28-31-22/h6-8,11-14,16,33H,9-10H2,1-5H3,(H,26,28,31). The molecule has 11 heteroatoms. The predicted octanol–water partition coefficient (Wildman–Crippen LogP) is 3.15. The number of rotatable bonds is 6. The molecule has 4 heterocycles. The lowest BCUT2D eigenvalue weighted by Gasteiger charge is -2.48. The minimum absolute atomic E-state index is 0.00335. The number of aromatic amines is 1. The Morgan fingerprint density at radius 2 is 1.78 bits per heavy atom. The number of benzene rings is 1. The molecule has 4 aromatic rings. The highest BCUT2D eigenvalue weighted by molar-refractivity contribution is 5.77. The van der Waals surface area contributed by atoms with Gasteiger partial charge in [0.1, 0.15) is 17.0 Å². The maximum absolute atomic E-state index is 11.2. The first-order valence-electron chi connectivity index (χ1n) is 11.8. The number of fused-ring (bicyclic) bond motifs is 1. The van der Waals surface area contributed by atoms with Crippen LogP contribution in [0.4, 0.5) is 5.95 Å². The Balaban J connectivity index is 1.41. The quantitative estimate of drug-likeness (QED) is 0.390. The zero-order valence-electron chi connectivity index (χ0n) is 21.0. The van der Waals surface area contributed by atoms with Crippen LogP contribution >= 0.6 is 0 Å². The van der Waals surface area contributed by atoms with Crippen molar-refractivity contribution < 1.29 is 9.53 Å². The number of carbonyl (C=O) groups excluding carboxylic acids is 1. The van der Waals surface area contributed by atoms with Crippen LogP contribution in [-0.2, 0) is 4.79 Å². The topological polar surface area (TPSA) is 135 Å². The maximum Gasteiger partial charge on any atom is 0.298 e. The molecule has 0 aliphatic carbocycles. The largest absolute Gasteiger partial charge is 0.428 e. The molecular weight excluding hydrogens is 458 g/mol. The minimum Gasteiger partial charge on any atom is -0.428 e. The molecule has 2 N–H and O–H groups in total. The Morgan fingerprint density at radius 3 is 2.47 bits per heavy atom. The van der Waals surface area contributed by atoms with Crippen molar-refractivity contribution in [2.24, 2.45) is 0 Å². The molecule has 186 valence electrons. The highest BCUT2D eigenvalue weighted by Crippen LogP contribution is 2.34. The van der Waals surface area contributed by atoms with Crippen LogP contribution in [0.2, 0.25) is 0 Å². The average molecular weight is 488 g/mol. The Morgan fingerprint density at radius 1 is 1.03 bits per heavy atom. The third-order valence-corrected chi connectivity index (χ3v) is 6.47. The summed E-state index contributed by atoms with van der Waals surface area (Å²) in [4.78, 5) is 26.8. The smallest absolute Gasteiger partial charge is 0.298 e. The van der Waals surface area contributed by atoms with E-state index >= 15 is 0 Å². The van der Waals surface area contributed by atoms with E-state index in [2.05, 4.69) is 73.3 Å². The lowest BCUT2D eigenvalue weighted by molar-refractivity contribution is -0.120. The first kappa shape index (κ1) is 23.7. The van der Waals surface area contributed by atoms with Crippen LogP contribution in [0, 0.1) is 0 Å². The summed E-state index contributed by atoms with van der Waals surface area (Å²) in [7, 11) is 2.01. The van der Waals surface area contributed by atoms with Crippen molar-refractivity contribution in [3.05, 3.63) is 36.8 Å². The van der Waals surface area contributed by atoms with Crippen molar-refractivity contribution in [2.45, 2.75) is 57.7 Å². The van der Waals surface area contributed by atoms with Gasteiger partial charge in [-0.15, -0.1) is 10.2 Å². The fourth-order valence-corrected chi connectivity index (χ4v) is 5.18. The third-order valence-electron chi connectivity index (χ3n) is 6.47. The van der Waals surface area contributed by atoms with Crippen LogP contribution in [0.25, 0.3) is 33.7 Å². The molecule has 0 unspecified atom stereocenters. The van der Waals surface area contributed by atoms with Gasteiger partial charge in [0, 0.05) is 35.3 Å². The second-order valence-corrected chi connectivity index (χ2v) is 10.5. The molecule has 1 saturated heterocycles. The fourth-order valence-electron chi connectivity index (χ4n) is 5.18. The Bertz CT molecular complexity index is 1380. The van der Waals surface area contributed by atoms with E-state index in [9.17, 15) is 4.79 Å². The van der Waals surface area contributed by atoms with E-state index < -0.39 is 0 Å². The lowest BCUT2D eigenvalue weighted by atomic mass is 9.79. The molecule has 36 heavy (non-hydrogen) atoms. The number of H-pyrrole nitrogens is 1. The molecule has 0 amide bonds. The number of nitrogens with one attached hydrogen (secondary N) is 2. The molecule has 0 atom stereocenters. The van der Waals surface area contributed by atoms with Crippen LogP contribution < -0.4 is 15.0 Å². The molecule has 5 rings (SSSR count). The van der Waals surface area contributed by atoms with Crippen molar-refractivity contribution >= 4 is 23.6 Å². The highest BCUT2D eigenvalue weighted by atomic mass is 16.5. The average Bonchev–Trinajstić information content (AvgIpc) is 3.30. The van der Waals surface area contributed by atoms with E-state index in [1.54, 1.807) is 24.7 Å². The number of hydrogen-bond acceptors (Lipinski definition) is 10. The summed E-state index contributed by atoms with van der Waals surface area (Å²) in [6.07, 6.45) is 6.82. The van der Waals surface area contributed by atoms with Gasteiger partial charge in [-0.05, 0) is 52.7 Å². The predicted molar refractivity (Wildman–Crippen MR) is 135 cm³/mol. The maximum atomic E-state index is 11.2. The van der Waals surface area contributed by atoms with E-state index in [1.165, 1.54) is 0 Å². The van der Waals surface area contributed by atoms with Gasteiger partial charge in [0.2, 0.25) is 5.95 Å². The monoisotopic (exact) mass is 487 g/mol. The van der Waals surface area contributed by atoms with Crippen LogP contribution in [0.15, 0.2) is 36.8 Å². The zero-order chi connectivity index (χ0) is 25.5. The number of carbonyl (C=O) groups is 1. The number of aromatic nitrogens is 7. The number of piperidine rings is 1. The van der Waals surface area contributed by atoms with E-state index in [0.717, 1.165) is 18.4 Å². The van der Waals surface area contributed by atoms with Gasteiger partial charge in [-0.3, -0.25) is 9.89 Å². The van der Waals surface area contributed by atoms with E-state index in [0.29, 0.717) is 46.3 Å². The second-order valence-electron chi connectivity index (χ2n) is 10.5. The molecule has 3 aromatic heterocycles. The van der Waals surface area contributed by atoms with Gasteiger partial charge in [0.25, 0.3) is 6.47 Å². The molecule has 1 fully saturated rings. The van der Waals surface area contributed by atoms with Gasteiger partial charge >= 0.3 is 0 Å². The number of ether oxygens (including phenoxy) is 1. The number of hydrogen-bond donors (Lipinski definition) is 2. The molecule has 0 spiro atoms. The van der Waals surface area contributed by atoms with E-state index in [1.807, 2.05) is 19.2 Å². The minimum atomic E-state index is 0.00335. The van der Waals surface area contributed by atoms with Crippen LogP contribution in [-0.4, -0.2) is 66.0 Å². The van der Waals surface area contributed by atoms with Crippen molar-refractivity contribution in [1.29, 1.82) is 0 Å². The summed E-state index contributed by atoms with van der Waals surface area (Å²) in [5.74, 6) is 0.881. The first-order chi connectivity index (χ1) is 17.1. The molecule has 0 saturated carbocycles. The Hall–Kier alpha value is -3.99. The number of nitrogens with zero attached hydrogens (tertiary/aromatic N) is 7. The van der Waals surface area contributed by atoms with Gasteiger partial charge in [0.15, 0.2) is 5.65 Å². The summed E-state index contributed by atoms with van der Waals surface area (Å²) < 4.78 is 5.28. The Kier molecular flexibility index (Phi) is 5.87. The van der Waals surface area contributed by atoms with Crippen molar-refractivity contribution in [3.8, 4) is 28.3 Å². The van der Waals surface area contributed by atoms with Gasteiger partial charge in [-0.2, -0.15) is 5.10 Å². The van der Waals surface area contributed by atoms with Gasteiger partial charge < -0.3 is 15.0 Å². The van der Waals surface area contributed by atoms with Crippen LogP contribution in [0.3, 0.4) is 0 Å². The molecule has 1 aliphatic rings. The first-order valence-corrected chi connectivity index (χ1v) is 11.8. The molecule has 11 nitrogen and oxygen atoms in total. The van der Waals surface area contributed by atoms with E-state index in [4.69, 9.17) is 4.74 Å². The molecule has 0 bridgehead atoms. The summed E-state index contributed by atoms with van der Waals surface area (Å²) in [6, 6.07) is 5.66. The van der Waals surface area contributed by atoms with Gasteiger partial charge in [-0.1, -0.05) is 6.07 Å². The van der Waals surface area contributed by atoms with Crippen LogP contribution in [0.5, 0.6) is 5.75 Å². The third kappa shape index (κ3) is 4.74. The normalized spacial score (nSPS) is 17.1. The summed E-state index contributed by atoms with van der Waals surface area (Å²) in [5, 5.41) is 19.2. The van der Waals surface area contributed by atoms with E-state index in [-0.39, 0.29) is 17.1 Å². The summed E-state index contributed by atoms with van der Waals surface area (Å²) in [6.45, 7) is 9.25. The zero-order valence-corrected chi connectivity index (χ0v) is 21.0. The lowest BCUT2D eigenvalue weighted by Crippen LogP contribution is -2.62. The van der Waals surface area contributed by atoms with Gasteiger partial charge in [0.05, 0.1) is 24.3 Å². The fraction of sp³-hybridized carbons (Fsp3) is 0.400. The highest BCUT2D eigenvalue weighted by Gasteiger charge is 2.39. The van der Waals surface area contributed by atoms with Crippen molar-refractivity contribution in [1.82, 2.24) is 40.7 Å². The SMILES string of the molecule is CN(c1ncc(-c2ccc(-c3cnc4[nH]ncc4n3)cc2OC=O)nn1)C1CC(C)(C)NC(C)(C)C1. The van der Waals surface area contributed by atoms with Crippen molar-refractivity contribution in [2.75, 3.05) is 11.9 Å².